The maximum Gasteiger partial charge on any atom is 0.0462 e. The van der Waals surface area contributed by atoms with Crippen LogP contribution < -0.4 is 4.90 Å². The molecule has 2 nitrogen and oxygen atoms in total. The van der Waals surface area contributed by atoms with Crippen molar-refractivity contribution in [2.75, 3.05) is 4.90 Å². The van der Waals surface area contributed by atoms with Crippen LogP contribution in [-0.4, -0.2) is 4.98 Å². The second kappa shape index (κ2) is 12.9. The van der Waals surface area contributed by atoms with Crippen LogP contribution in [0, 0.1) is 6.92 Å². The first kappa shape index (κ1) is 25.5. The van der Waals surface area contributed by atoms with E-state index in [4.69, 9.17) is 0 Å². The zero-order chi connectivity index (χ0) is 25.0. The van der Waals surface area contributed by atoms with Gasteiger partial charge in [0.15, 0.2) is 0 Å². The van der Waals surface area contributed by atoms with Gasteiger partial charge in [0.2, 0.25) is 0 Å². The van der Waals surface area contributed by atoms with Crippen molar-refractivity contribution in [2.45, 2.75) is 27.7 Å². The lowest BCUT2D eigenvalue weighted by Gasteiger charge is -2.26. The first-order valence-electron chi connectivity index (χ1n) is 12.1. The minimum absolute atomic E-state index is 1.11. The molecule has 0 unspecified atom stereocenters. The summed E-state index contributed by atoms with van der Waals surface area (Å²) in [4.78, 5) is 6.53. The van der Waals surface area contributed by atoms with Crippen molar-refractivity contribution in [3.8, 4) is 11.1 Å². The fourth-order valence-corrected chi connectivity index (χ4v) is 3.84. The summed E-state index contributed by atoms with van der Waals surface area (Å²) < 4.78 is 0. The highest BCUT2D eigenvalue weighted by atomic mass is 15.1. The maximum atomic E-state index is 4.24. The normalized spacial score (nSPS) is 11.0. The van der Waals surface area contributed by atoms with Crippen LogP contribution in [0.5, 0.6) is 0 Å². The van der Waals surface area contributed by atoms with Crippen molar-refractivity contribution < 1.29 is 0 Å². The van der Waals surface area contributed by atoms with E-state index in [0.29, 0.717) is 0 Å². The zero-order valence-electron chi connectivity index (χ0n) is 21.1. The third kappa shape index (κ3) is 6.45. The Labute approximate surface area is 210 Å². The van der Waals surface area contributed by atoms with Gasteiger partial charge in [-0.2, -0.15) is 0 Å². The van der Waals surface area contributed by atoms with Crippen molar-refractivity contribution in [3.05, 3.63) is 139 Å². The Morgan fingerprint density at radius 3 is 1.86 bits per heavy atom. The summed E-state index contributed by atoms with van der Waals surface area (Å²) >= 11 is 0. The van der Waals surface area contributed by atoms with E-state index in [1.54, 1.807) is 6.20 Å². The van der Waals surface area contributed by atoms with Crippen molar-refractivity contribution in [1.29, 1.82) is 0 Å². The summed E-state index contributed by atoms with van der Waals surface area (Å²) in [7, 11) is 0. The molecule has 176 valence electrons. The quantitative estimate of drug-likeness (QED) is 0.256. The number of benzene rings is 3. The minimum Gasteiger partial charge on any atom is -0.311 e. The summed E-state index contributed by atoms with van der Waals surface area (Å²) in [6.45, 7) is 12.0. The first-order chi connectivity index (χ1) is 17.2. The van der Waals surface area contributed by atoms with Gasteiger partial charge in [0, 0.05) is 29.5 Å². The Morgan fingerprint density at radius 1 is 0.771 bits per heavy atom. The van der Waals surface area contributed by atoms with Gasteiger partial charge >= 0.3 is 0 Å². The third-order valence-corrected chi connectivity index (χ3v) is 5.52. The highest BCUT2D eigenvalue weighted by Crippen LogP contribution is 2.36. The molecule has 0 N–H and O–H groups in total. The second-order valence-electron chi connectivity index (χ2n) is 7.86. The lowest BCUT2D eigenvalue weighted by molar-refractivity contribution is 1.27. The molecule has 0 aliphatic carbocycles. The molecule has 0 atom stereocenters. The van der Waals surface area contributed by atoms with Gasteiger partial charge in [-0.3, -0.25) is 4.98 Å². The minimum atomic E-state index is 1.11. The van der Waals surface area contributed by atoms with Crippen LogP contribution >= 0.6 is 0 Å². The zero-order valence-corrected chi connectivity index (χ0v) is 21.1. The molecule has 3 aromatic carbocycles. The Kier molecular flexibility index (Phi) is 9.39. The molecule has 0 amide bonds. The molecule has 0 aliphatic heterocycles. The van der Waals surface area contributed by atoms with Crippen molar-refractivity contribution in [1.82, 2.24) is 4.98 Å². The second-order valence-corrected chi connectivity index (χ2v) is 7.86. The van der Waals surface area contributed by atoms with E-state index in [2.05, 4.69) is 108 Å². The number of pyridine rings is 1. The van der Waals surface area contributed by atoms with Crippen molar-refractivity contribution in [2.24, 2.45) is 0 Å². The standard InChI is InChI=1S/C31H28N2.C2H6/c1-4-7-25(8-5-2)26-12-18-30(19-13-26)33(29-16-10-24(3)11-17-29)31-20-14-27(15-21-31)28-9-6-22-32-23-28;1-2/h4-23H,1H2,2-3H3;1-2H3/b8-5-,25-7+;. The monoisotopic (exact) mass is 458 g/mol. The van der Waals surface area contributed by atoms with E-state index in [9.17, 15) is 0 Å². The Hall–Kier alpha value is -4.17. The van der Waals surface area contributed by atoms with Crippen LogP contribution in [0.4, 0.5) is 17.1 Å². The number of allylic oxidation sites excluding steroid dienone is 5. The Morgan fingerprint density at radius 2 is 1.34 bits per heavy atom. The van der Waals surface area contributed by atoms with Crippen LogP contribution in [0.2, 0.25) is 0 Å². The molecule has 4 aromatic rings. The topological polar surface area (TPSA) is 16.1 Å². The van der Waals surface area contributed by atoms with Gasteiger partial charge < -0.3 is 4.90 Å². The average Bonchev–Trinajstić information content (AvgIpc) is 2.92. The van der Waals surface area contributed by atoms with Crippen LogP contribution in [0.1, 0.15) is 31.9 Å². The SMILES string of the molecule is C=C/C=C(\C=C/C)c1ccc(N(c2ccc(C)cc2)c2ccc(-c3cccnc3)cc2)cc1.CC. The van der Waals surface area contributed by atoms with Gasteiger partial charge in [0.05, 0.1) is 0 Å². The smallest absolute Gasteiger partial charge is 0.0462 e. The molecular formula is C33H34N2. The molecule has 0 saturated carbocycles. The van der Waals surface area contributed by atoms with Gasteiger partial charge in [-0.15, -0.1) is 0 Å². The summed E-state index contributed by atoms with van der Waals surface area (Å²) in [5.41, 5.74) is 9.14. The van der Waals surface area contributed by atoms with E-state index in [0.717, 1.165) is 39.3 Å². The van der Waals surface area contributed by atoms with Crippen molar-refractivity contribution >= 4 is 22.6 Å². The van der Waals surface area contributed by atoms with E-state index in [1.165, 1.54) is 5.56 Å². The predicted molar refractivity (Wildman–Crippen MR) is 153 cm³/mol. The van der Waals surface area contributed by atoms with E-state index < -0.39 is 0 Å². The molecule has 0 saturated heterocycles. The van der Waals surface area contributed by atoms with Crippen LogP contribution in [0.25, 0.3) is 16.7 Å². The lowest BCUT2D eigenvalue weighted by atomic mass is 10.0. The van der Waals surface area contributed by atoms with E-state index in [-0.39, 0.29) is 0 Å². The number of anilines is 3. The molecule has 0 aliphatic rings. The molecule has 0 fully saturated rings. The molecule has 2 heteroatoms. The van der Waals surface area contributed by atoms with Gasteiger partial charge in [-0.25, -0.2) is 0 Å². The summed E-state index contributed by atoms with van der Waals surface area (Å²) in [5, 5.41) is 0. The highest BCUT2D eigenvalue weighted by molar-refractivity contribution is 5.81. The van der Waals surface area contributed by atoms with Gasteiger partial charge in [-0.05, 0) is 78.6 Å². The molecule has 0 spiro atoms. The number of aromatic nitrogens is 1. The molecular weight excluding hydrogens is 424 g/mol. The molecule has 0 bridgehead atoms. The highest BCUT2D eigenvalue weighted by Gasteiger charge is 2.13. The average molecular weight is 459 g/mol. The van der Waals surface area contributed by atoms with Gasteiger partial charge in [0.1, 0.15) is 0 Å². The predicted octanol–water partition coefficient (Wildman–Crippen LogP) is 9.70. The summed E-state index contributed by atoms with van der Waals surface area (Å²) in [6.07, 6.45) is 11.7. The Balaban J connectivity index is 0.00000167. The number of nitrogens with zero attached hydrogens (tertiary/aromatic N) is 2. The number of hydrogen-bond donors (Lipinski definition) is 0. The molecule has 4 rings (SSSR count). The fraction of sp³-hybridized carbons (Fsp3) is 0.121. The molecule has 0 radical (unpaired) electrons. The summed E-state index contributed by atoms with van der Waals surface area (Å²) in [6, 6.07) is 30.0. The van der Waals surface area contributed by atoms with Crippen LogP contribution in [-0.2, 0) is 0 Å². The molecule has 1 heterocycles. The van der Waals surface area contributed by atoms with Gasteiger partial charge in [-0.1, -0.05) is 92.8 Å². The van der Waals surface area contributed by atoms with Gasteiger partial charge in [0.25, 0.3) is 0 Å². The van der Waals surface area contributed by atoms with Crippen molar-refractivity contribution in [3.63, 3.8) is 0 Å². The van der Waals surface area contributed by atoms with Crippen LogP contribution in [0.15, 0.2) is 128 Å². The largest absolute Gasteiger partial charge is 0.311 e. The first-order valence-corrected chi connectivity index (χ1v) is 12.1. The fourth-order valence-electron chi connectivity index (χ4n) is 3.84. The number of hydrogen-bond acceptors (Lipinski definition) is 2. The Bertz CT molecular complexity index is 1250. The lowest BCUT2D eigenvalue weighted by Crippen LogP contribution is -2.09. The number of aryl methyl sites for hydroxylation is 1. The molecule has 1 aromatic heterocycles. The maximum absolute atomic E-state index is 4.24. The third-order valence-electron chi connectivity index (χ3n) is 5.52. The number of rotatable bonds is 7. The summed E-state index contributed by atoms with van der Waals surface area (Å²) in [5.74, 6) is 0. The van der Waals surface area contributed by atoms with Crippen LogP contribution in [0.3, 0.4) is 0 Å². The molecule has 35 heavy (non-hydrogen) atoms. The van der Waals surface area contributed by atoms with E-state index >= 15 is 0 Å². The van der Waals surface area contributed by atoms with E-state index in [1.807, 2.05) is 51.3 Å².